The maximum absolute atomic E-state index is 10.3. The van der Waals surface area contributed by atoms with Gasteiger partial charge in [0.2, 0.25) is 0 Å². The van der Waals surface area contributed by atoms with E-state index in [1.165, 1.54) is 6.20 Å². The van der Waals surface area contributed by atoms with E-state index in [0.29, 0.717) is 17.7 Å². The van der Waals surface area contributed by atoms with Crippen molar-refractivity contribution in [1.29, 1.82) is 5.26 Å². The molecular weight excluding hydrogens is 338 g/mol. The van der Waals surface area contributed by atoms with Crippen molar-refractivity contribution >= 4 is 0 Å². The topological polar surface area (TPSA) is 79.0 Å². The monoisotopic (exact) mass is 359 g/mol. The molecule has 5 nitrogen and oxygen atoms in total. The lowest BCUT2D eigenvalue weighted by Gasteiger charge is -2.20. The van der Waals surface area contributed by atoms with Crippen molar-refractivity contribution in [2.24, 2.45) is 0 Å². The molecule has 5 heteroatoms. The largest absolute Gasteiger partial charge is 0.488 e. The summed E-state index contributed by atoms with van der Waals surface area (Å²) in [6, 6.07) is 15.3. The number of pyridine rings is 2. The third-order valence-corrected chi connectivity index (χ3v) is 4.37. The molecule has 27 heavy (non-hydrogen) atoms. The third-order valence-electron chi connectivity index (χ3n) is 4.37. The zero-order valence-electron chi connectivity index (χ0n) is 15.1. The van der Waals surface area contributed by atoms with Crippen LogP contribution in [-0.2, 0) is 6.42 Å². The molecule has 1 unspecified atom stereocenters. The van der Waals surface area contributed by atoms with Crippen molar-refractivity contribution in [2.75, 3.05) is 0 Å². The molecule has 1 aromatic carbocycles. The number of nitrogens with zero attached hydrogens (tertiary/aromatic N) is 3. The number of nitriles is 1. The van der Waals surface area contributed by atoms with Crippen LogP contribution in [0.4, 0.5) is 0 Å². The van der Waals surface area contributed by atoms with Crippen LogP contribution in [0.15, 0.2) is 67.3 Å². The predicted octanol–water partition coefficient (Wildman–Crippen LogP) is 3.78. The lowest BCUT2D eigenvalue weighted by atomic mass is 10.0. The van der Waals surface area contributed by atoms with E-state index in [1.807, 2.05) is 49.5 Å². The van der Waals surface area contributed by atoms with E-state index in [-0.39, 0.29) is 6.10 Å². The lowest BCUT2D eigenvalue weighted by molar-refractivity contribution is 0.0420. The third kappa shape index (κ3) is 5.13. The molecule has 0 aliphatic carbocycles. The Morgan fingerprint density at radius 1 is 1.07 bits per heavy atom. The number of aromatic nitrogens is 2. The van der Waals surface area contributed by atoms with Crippen LogP contribution in [-0.4, -0.2) is 27.3 Å². The van der Waals surface area contributed by atoms with Crippen LogP contribution >= 0.6 is 0 Å². The van der Waals surface area contributed by atoms with Gasteiger partial charge in [-0.15, -0.1) is 0 Å². The van der Waals surface area contributed by atoms with E-state index in [9.17, 15) is 5.11 Å². The van der Waals surface area contributed by atoms with E-state index >= 15 is 0 Å². The van der Waals surface area contributed by atoms with Crippen molar-refractivity contribution in [3.8, 4) is 22.9 Å². The van der Waals surface area contributed by atoms with Gasteiger partial charge in [0.25, 0.3) is 0 Å². The fourth-order valence-electron chi connectivity index (χ4n) is 2.77. The Labute approximate surface area is 158 Å². The second-order valence-electron chi connectivity index (χ2n) is 6.39. The predicted molar refractivity (Wildman–Crippen MR) is 103 cm³/mol. The molecule has 0 fully saturated rings. The summed E-state index contributed by atoms with van der Waals surface area (Å²) < 4.78 is 5.87. The van der Waals surface area contributed by atoms with E-state index in [1.54, 1.807) is 18.5 Å². The van der Waals surface area contributed by atoms with Gasteiger partial charge in [-0.05, 0) is 55.2 Å². The first kappa shape index (κ1) is 18.6. The lowest BCUT2D eigenvalue weighted by Crippen LogP contribution is -2.29. The van der Waals surface area contributed by atoms with E-state index in [4.69, 9.17) is 10.00 Å². The average molecular weight is 359 g/mol. The number of ether oxygens (including phenoxy) is 1. The van der Waals surface area contributed by atoms with Crippen LogP contribution in [0.1, 0.15) is 24.5 Å². The van der Waals surface area contributed by atoms with Gasteiger partial charge in [0.1, 0.15) is 17.9 Å². The number of aliphatic hydroxyl groups is 1. The van der Waals surface area contributed by atoms with Gasteiger partial charge in [0.05, 0.1) is 11.7 Å². The van der Waals surface area contributed by atoms with Crippen LogP contribution in [0.25, 0.3) is 11.1 Å². The molecule has 3 rings (SSSR count). The SMILES string of the molecule is C[C@H](Oc1ccc(-c2cncc(C#N)c2)cc1)C(O)CCc1cccnc1. The van der Waals surface area contributed by atoms with E-state index in [0.717, 1.165) is 23.1 Å². The highest BCUT2D eigenvalue weighted by Crippen LogP contribution is 2.23. The molecule has 0 amide bonds. The van der Waals surface area contributed by atoms with Crippen LogP contribution in [0, 0.1) is 11.3 Å². The molecule has 3 aromatic rings. The fourth-order valence-corrected chi connectivity index (χ4v) is 2.77. The van der Waals surface area contributed by atoms with Crippen molar-refractivity contribution < 1.29 is 9.84 Å². The summed E-state index contributed by atoms with van der Waals surface area (Å²) >= 11 is 0. The van der Waals surface area contributed by atoms with Gasteiger partial charge in [-0.1, -0.05) is 18.2 Å². The molecule has 2 atom stereocenters. The van der Waals surface area contributed by atoms with Crippen molar-refractivity contribution in [3.05, 3.63) is 78.4 Å². The van der Waals surface area contributed by atoms with Gasteiger partial charge in [-0.3, -0.25) is 9.97 Å². The number of hydrogen-bond donors (Lipinski definition) is 1. The summed E-state index contributed by atoms with van der Waals surface area (Å²) in [5.74, 6) is 0.691. The quantitative estimate of drug-likeness (QED) is 0.694. The van der Waals surface area contributed by atoms with Crippen molar-refractivity contribution in [3.63, 3.8) is 0 Å². The molecule has 0 aliphatic rings. The molecule has 2 aromatic heterocycles. The summed E-state index contributed by atoms with van der Waals surface area (Å²) in [5, 5.41) is 19.3. The maximum Gasteiger partial charge on any atom is 0.122 e. The Morgan fingerprint density at radius 3 is 2.59 bits per heavy atom. The highest BCUT2D eigenvalue weighted by Gasteiger charge is 2.16. The maximum atomic E-state index is 10.3. The molecule has 0 spiro atoms. The van der Waals surface area contributed by atoms with Crippen molar-refractivity contribution in [2.45, 2.75) is 32.0 Å². The summed E-state index contributed by atoms with van der Waals surface area (Å²) in [4.78, 5) is 8.16. The van der Waals surface area contributed by atoms with Crippen LogP contribution in [0.2, 0.25) is 0 Å². The molecule has 0 aliphatic heterocycles. The minimum Gasteiger partial charge on any atom is -0.488 e. The van der Waals surface area contributed by atoms with Crippen LogP contribution < -0.4 is 4.74 Å². The van der Waals surface area contributed by atoms with Gasteiger partial charge < -0.3 is 9.84 Å². The summed E-state index contributed by atoms with van der Waals surface area (Å²) in [6.07, 6.45) is 7.28. The summed E-state index contributed by atoms with van der Waals surface area (Å²) in [7, 11) is 0. The average Bonchev–Trinajstić information content (AvgIpc) is 2.73. The zero-order chi connectivity index (χ0) is 19.1. The van der Waals surface area contributed by atoms with Gasteiger partial charge in [0, 0.05) is 30.4 Å². The summed E-state index contributed by atoms with van der Waals surface area (Å²) in [5.41, 5.74) is 3.46. The van der Waals surface area contributed by atoms with Gasteiger partial charge in [0.15, 0.2) is 0 Å². The Hall–Kier alpha value is -3.23. The van der Waals surface area contributed by atoms with Gasteiger partial charge in [-0.25, -0.2) is 0 Å². The number of benzene rings is 1. The second-order valence-corrected chi connectivity index (χ2v) is 6.39. The molecule has 0 bridgehead atoms. The first-order chi connectivity index (χ1) is 13.2. The van der Waals surface area contributed by atoms with Crippen LogP contribution in [0.3, 0.4) is 0 Å². The van der Waals surface area contributed by atoms with Crippen molar-refractivity contribution in [1.82, 2.24) is 9.97 Å². The Morgan fingerprint density at radius 2 is 1.89 bits per heavy atom. The van der Waals surface area contributed by atoms with Crippen LogP contribution in [0.5, 0.6) is 5.75 Å². The zero-order valence-corrected chi connectivity index (χ0v) is 15.1. The van der Waals surface area contributed by atoms with Gasteiger partial charge in [-0.2, -0.15) is 5.26 Å². The van der Waals surface area contributed by atoms with Gasteiger partial charge >= 0.3 is 0 Å². The Balaban J connectivity index is 1.57. The summed E-state index contributed by atoms with van der Waals surface area (Å²) in [6.45, 7) is 1.86. The molecule has 0 saturated carbocycles. The van der Waals surface area contributed by atoms with E-state index < -0.39 is 6.10 Å². The number of aliphatic hydroxyl groups excluding tert-OH is 1. The molecule has 0 saturated heterocycles. The molecule has 136 valence electrons. The second kappa shape index (κ2) is 8.93. The van der Waals surface area contributed by atoms with E-state index in [2.05, 4.69) is 16.0 Å². The minimum atomic E-state index is -0.568. The highest BCUT2D eigenvalue weighted by atomic mass is 16.5. The Kier molecular flexibility index (Phi) is 6.14. The first-order valence-electron chi connectivity index (χ1n) is 8.85. The number of rotatable bonds is 7. The fraction of sp³-hybridized carbons (Fsp3) is 0.227. The minimum absolute atomic E-state index is 0.323. The standard InChI is InChI=1S/C22H21N3O2/c1-16(22(26)9-4-17-3-2-10-24-13-17)27-21-7-5-19(6-8-21)20-11-18(12-23)14-25-15-20/h2-3,5-8,10-11,13-16,22,26H,4,9H2,1H3/t16-,22?/m0/s1. The highest BCUT2D eigenvalue weighted by molar-refractivity contribution is 5.64. The normalized spacial score (nSPS) is 12.8. The number of hydrogen-bond acceptors (Lipinski definition) is 5. The Bertz CT molecular complexity index is 905. The molecule has 0 radical (unpaired) electrons. The molecular formula is C22H21N3O2. The number of aryl methyl sites for hydroxylation is 1. The smallest absolute Gasteiger partial charge is 0.122 e. The molecule has 1 N–H and O–H groups in total. The first-order valence-corrected chi connectivity index (χ1v) is 8.85. The molecule has 2 heterocycles.